The molecule has 0 aliphatic heterocycles. The highest BCUT2D eigenvalue weighted by atomic mass is 16.5. The maximum absolute atomic E-state index is 10.9. The fourth-order valence-corrected chi connectivity index (χ4v) is 1.64. The zero-order valence-electron chi connectivity index (χ0n) is 11.2. The van der Waals surface area contributed by atoms with Crippen molar-refractivity contribution in [2.45, 2.75) is 13.5 Å². The lowest BCUT2D eigenvalue weighted by atomic mass is 10.2. The van der Waals surface area contributed by atoms with Gasteiger partial charge in [0.25, 0.3) is 0 Å². The van der Waals surface area contributed by atoms with E-state index in [0.717, 1.165) is 0 Å². The Morgan fingerprint density at radius 1 is 1.35 bits per heavy atom. The second kappa shape index (κ2) is 6.05. The minimum Gasteiger partial charge on any atom is -0.490 e. The minimum absolute atomic E-state index is 0.153. The van der Waals surface area contributed by atoms with Crippen molar-refractivity contribution in [3.63, 3.8) is 0 Å². The van der Waals surface area contributed by atoms with Gasteiger partial charge in [-0.2, -0.15) is 0 Å². The van der Waals surface area contributed by atoms with Gasteiger partial charge in [0.2, 0.25) is 0 Å². The molecule has 0 saturated carbocycles. The average Bonchev–Trinajstić information content (AvgIpc) is 2.83. The van der Waals surface area contributed by atoms with E-state index in [-0.39, 0.29) is 12.2 Å². The minimum atomic E-state index is -1.01. The molecule has 0 atom stereocenters. The number of aromatic nitrogens is 3. The molecule has 1 N–H and O–H groups in total. The van der Waals surface area contributed by atoms with Gasteiger partial charge in [0.05, 0.1) is 18.4 Å². The van der Waals surface area contributed by atoms with Gasteiger partial charge in [-0.1, -0.05) is 5.21 Å². The van der Waals surface area contributed by atoms with E-state index in [1.807, 2.05) is 6.92 Å². The average molecular weight is 277 g/mol. The summed E-state index contributed by atoms with van der Waals surface area (Å²) in [4.78, 5) is 10.9. The third-order valence-electron chi connectivity index (χ3n) is 2.52. The van der Waals surface area contributed by atoms with Crippen molar-refractivity contribution in [2.24, 2.45) is 7.05 Å². The Labute approximate surface area is 115 Å². The number of aromatic carboxylic acids is 1. The Bertz CT molecular complexity index is 609. The summed E-state index contributed by atoms with van der Waals surface area (Å²) in [6.07, 6.45) is 1.74. The molecule has 106 valence electrons. The van der Waals surface area contributed by atoms with Crippen LogP contribution in [0, 0.1) is 0 Å². The first kappa shape index (κ1) is 13.9. The lowest BCUT2D eigenvalue weighted by molar-refractivity contribution is 0.0696. The zero-order chi connectivity index (χ0) is 14.5. The number of hydrogen-bond donors (Lipinski definition) is 1. The molecule has 0 aliphatic rings. The molecule has 0 saturated heterocycles. The largest absolute Gasteiger partial charge is 0.490 e. The first-order valence-corrected chi connectivity index (χ1v) is 6.08. The molecule has 1 aromatic carbocycles. The highest BCUT2D eigenvalue weighted by Gasteiger charge is 2.11. The summed E-state index contributed by atoms with van der Waals surface area (Å²) in [5.74, 6) is -0.134. The number of ether oxygens (including phenoxy) is 2. The van der Waals surface area contributed by atoms with Gasteiger partial charge < -0.3 is 14.6 Å². The fourth-order valence-electron chi connectivity index (χ4n) is 1.64. The van der Waals surface area contributed by atoms with E-state index in [1.165, 1.54) is 12.1 Å². The predicted molar refractivity (Wildman–Crippen MR) is 69.9 cm³/mol. The van der Waals surface area contributed by atoms with Crippen LogP contribution in [0.4, 0.5) is 0 Å². The van der Waals surface area contributed by atoms with E-state index in [2.05, 4.69) is 10.3 Å². The predicted octanol–water partition coefficient (Wildman–Crippen LogP) is 1.49. The highest BCUT2D eigenvalue weighted by molar-refractivity contribution is 5.88. The van der Waals surface area contributed by atoms with E-state index in [4.69, 9.17) is 14.6 Å². The molecule has 1 aromatic heterocycles. The Morgan fingerprint density at radius 2 is 2.15 bits per heavy atom. The summed E-state index contributed by atoms with van der Waals surface area (Å²) in [6.45, 7) is 2.48. The summed E-state index contributed by atoms with van der Waals surface area (Å²) in [6, 6.07) is 4.49. The van der Waals surface area contributed by atoms with E-state index in [0.29, 0.717) is 23.8 Å². The lowest BCUT2D eigenvalue weighted by Crippen LogP contribution is -2.03. The highest BCUT2D eigenvalue weighted by Crippen LogP contribution is 2.29. The molecule has 0 aliphatic carbocycles. The molecule has 0 fully saturated rings. The topological polar surface area (TPSA) is 86.5 Å². The molecule has 0 spiro atoms. The quantitative estimate of drug-likeness (QED) is 0.860. The Hall–Kier alpha value is -2.57. The van der Waals surface area contributed by atoms with Gasteiger partial charge in [-0.15, -0.1) is 5.10 Å². The second-order valence-corrected chi connectivity index (χ2v) is 4.07. The molecule has 0 unspecified atom stereocenters. The number of rotatable bonds is 6. The smallest absolute Gasteiger partial charge is 0.335 e. The van der Waals surface area contributed by atoms with Crippen LogP contribution in [0.5, 0.6) is 11.5 Å². The van der Waals surface area contributed by atoms with Crippen LogP contribution in [0.2, 0.25) is 0 Å². The van der Waals surface area contributed by atoms with Crippen molar-refractivity contribution in [2.75, 3.05) is 6.61 Å². The number of carboxylic acid groups (broad SMARTS) is 1. The third-order valence-corrected chi connectivity index (χ3v) is 2.52. The van der Waals surface area contributed by atoms with Crippen molar-refractivity contribution in [3.8, 4) is 11.5 Å². The number of hydrogen-bond acceptors (Lipinski definition) is 5. The molecular formula is C13H15N3O4. The second-order valence-electron chi connectivity index (χ2n) is 4.07. The van der Waals surface area contributed by atoms with E-state index in [9.17, 15) is 4.79 Å². The standard InChI is InChI=1S/C13H15N3O4/c1-3-19-12-6-9(13(17)18)4-5-11(12)20-8-10-7-16(2)15-14-10/h4-7H,3,8H2,1-2H3,(H,17,18). The van der Waals surface area contributed by atoms with Gasteiger partial charge in [0.15, 0.2) is 11.5 Å². The van der Waals surface area contributed by atoms with Crippen molar-refractivity contribution in [3.05, 3.63) is 35.7 Å². The SMILES string of the molecule is CCOc1cc(C(=O)O)ccc1OCc1cn(C)nn1. The van der Waals surface area contributed by atoms with Crippen LogP contribution in [-0.2, 0) is 13.7 Å². The number of carboxylic acids is 1. The van der Waals surface area contributed by atoms with Gasteiger partial charge >= 0.3 is 5.97 Å². The molecule has 7 nitrogen and oxygen atoms in total. The van der Waals surface area contributed by atoms with Crippen LogP contribution >= 0.6 is 0 Å². The van der Waals surface area contributed by atoms with Crippen LogP contribution in [-0.4, -0.2) is 32.7 Å². The monoisotopic (exact) mass is 277 g/mol. The van der Waals surface area contributed by atoms with Gasteiger partial charge in [-0.3, -0.25) is 4.68 Å². The number of aryl methyl sites for hydroxylation is 1. The number of carbonyl (C=O) groups is 1. The van der Waals surface area contributed by atoms with Crippen LogP contribution in [0.3, 0.4) is 0 Å². The Balaban J connectivity index is 2.15. The van der Waals surface area contributed by atoms with Gasteiger partial charge in [-0.25, -0.2) is 4.79 Å². The molecule has 2 rings (SSSR count). The van der Waals surface area contributed by atoms with E-state index in [1.54, 1.807) is 24.0 Å². The lowest BCUT2D eigenvalue weighted by Gasteiger charge is -2.11. The van der Waals surface area contributed by atoms with E-state index >= 15 is 0 Å². The summed E-state index contributed by atoms with van der Waals surface area (Å²) in [5.41, 5.74) is 0.831. The molecule has 0 amide bonds. The number of benzene rings is 1. The molecule has 0 bridgehead atoms. The Kier molecular flexibility index (Phi) is 4.19. The zero-order valence-corrected chi connectivity index (χ0v) is 11.2. The van der Waals surface area contributed by atoms with Crippen molar-refractivity contribution in [1.29, 1.82) is 0 Å². The molecule has 20 heavy (non-hydrogen) atoms. The molecule has 2 aromatic rings. The summed E-state index contributed by atoms with van der Waals surface area (Å²) < 4.78 is 12.6. The first-order chi connectivity index (χ1) is 9.60. The van der Waals surface area contributed by atoms with Crippen LogP contribution in [0.25, 0.3) is 0 Å². The summed E-state index contributed by atoms with van der Waals surface area (Å²) in [7, 11) is 1.77. The Morgan fingerprint density at radius 3 is 2.75 bits per heavy atom. The van der Waals surface area contributed by atoms with Gasteiger partial charge in [0.1, 0.15) is 12.3 Å². The molecular weight excluding hydrogens is 262 g/mol. The van der Waals surface area contributed by atoms with Crippen LogP contribution in [0.1, 0.15) is 23.0 Å². The van der Waals surface area contributed by atoms with Crippen LogP contribution < -0.4 is 9.47 Å². The van der Waals surface area contributed by atoms with Crippen molar-refractivity contribution < 1.29 is 19.4 Å². The van der Waals surface area contributed by atoms with Crippen molar-refractivity contribution in [1.82, 2.24) is 15.0 Å². The molecule has 7 heteroatoms. The van der Waals surface area contributed by atoms with E-state index < -0.39 is 5.97 Å². The summed E-state index contributed by atoms with van der Waals surface area (Å²) >= 11 is 0. The van der Waals surface area contributed by atoms with Gasteiger partial charge in [0, 0.05) is 7.05 Å². The van der Waals surface area contributed by atoms with Crippen molar-refractivity contribution >= 4 is 5.97 Å². The maximum Gasteiger partial charge on any atom is 0.335 e. The summed E-state index contributed by atoms with van der Waals surface area (Å²) in [5, 5.41) is 16.7. The molecule has 1 heterocycles. The fraction of sp³-hybridized carbons (Fsp3) is 0.308. The first-order valence-electron chi connectivity index (χ1n) is 6.08. The number of nitrogens with zero attached hydrogens (tertiary/aromatic N) is 3. The third kappa shape index (κ3) is 3.25. The molecule has 0 radical (unpaired) electrons. The maximum atomic E-state index is 10.9. The normalized spacial score (nSPS) is 10.3. The van der Waals surface area contributed by atoms with Crippen LogP contribution in [0.15, 0.2) is 24.4 Å². The van der Waals surface area contributed by atoms with Gasteiger partial charge in [-0.05, 0) is 25.1 Å².